The summed E-state index contributed by atoms with van der Waals surface area (Å²) in [7, 11) is 2.16. The van der Waals surface area contributed by atoms with Crippen LogP contribution in [0, 0.1) is 0 Å². The first kappa shape index (κ1) is 14.2. The van der Waals surface area contributed by atoms with Crippen molar-refractivity contribution in [3.63, 3.8) is 0 Å². The minimum Gasteiger partial charge on any atom is -0.492 e. The Bertz CT molecular complexity index is 525. The number of oxime groups is 1. The van der Waals surface area contributed by atoms with Crippen LogP contribution >= 0.6 is 0 Å². The number of hydrogen-bond donors (Lipinski definition) is 1. The van der Waals surface area contributed by atoms with Crippen LogP contribution in [0.1, 0.15) is 5.56 Å². The van der Waals surface area contributed by atoms with Crippen LogP contribution in [0.5, 0.6) is 11.5 Å². The maximum absolute atomic E-state index is 8.85. The van der Waals surface area contributed by atoms with E-state index in [1.54, 1.807) is 0 Å². The largest absolute Gasteiger partial charge is 0.492 e. The Balaban J connectivity index is 1.50. The third-order valence-electron chi connectivity index (χ3n) is 4.02. The van der Waals surface area contributed by atoms with Gasteiger partial charge in [-0.05, 0) is 19.2 Å². The van der Waals surface area contributed by atoms with Crippen LogP contribution < -0.4 is 9.47 Å². The van der Waals surface area contributed by atoms with Crippen molar-refractivity contribution in [3.05, 3.63) is 23.8 Å². The van der Waals surface area contributed by atoms with Crippen LogP contribution in [-0.2, 0) is 0 Å². The van der Waals surface area contributed by atoms with E-state index >= 15 is 0 Å². The number of benzene rings is 1. The van der Waals surface area contributed by atoms with Crippen LogP contribution in [0.4, 0.5) is 0 Å². The molecule has 0 aliphatic carbocycles. The number of ether oxygens (including phenoxy) is 2. The molecule has 0 atom stereocenters. The van der Waals surface area contributed by atoms with Crippen molar-refractivity contribution in [2.24, 2.45) is 5.16 Å². The molecular formula is C15H21N3O3. The quantitative estimate of drug-likeness (QED) is 0.659. The fraction of sp³-hybridized carbons (Fsp3) is 0.533. The van der Waals surface area contributed by atoms with Crippen LogP contribution in [0.2, 0.25) is 0 Å². The van der Waals surface area contributed by atoms with Crippen molar-refractivity contribution in [2.45, 2.75) is 0 Å². The lowest BCUT2D eigenvalue weighted by atomic mass is 10.1. The smallest absolute Gasteiger partial charge is 0.134 e. The summed E-state index contributed by atoms with van der Waals surface area (Å²) in [5.41, 5.74) is 1.40. The third-order valence-corrected chi connectivity index (χ3v) is 4.02. The fourth-order valence-corrected chi connectivity index (χ4v) is 2.62. The van der Waals surface area contributed by atoms with Crippen LogP contribution in [0.15, 0.2) is 23.4 Å². The van der Waals surface area contributed by atoms with Gasteiger partial charge in [0.2, 0.25) is 0 Å². The average Bonchev–Trinajstić information content (AvgIpc) is 2.91. The molecule has 2 aliphatic rings. The van der Waals surface area contributed by atoms with E-state index in [2.05, 4.69) is 22.0 Å². The Morgan fingerprint density at radius 2 is 2.10 bits per heavy atom. The first-order valence-corrected chi connectivity index (χ1v) is 7.28. The zero-order chi connectivity index (χ0) is 14.7. The topological polar surface area (TPSA) is 57.5 Å². The highest BCUT2D eigenvalue weighted by Gasteiger charge is 2.20. The fourth-order valence-electron chi connectivity index (χ4n) is 2.62. The standard InChI is InChI=1S/C15H21N3O3/c1-17-4-6-18(7-5-17)8-9-20-12-2-3-13-14(16-19)11-21-15(13)10-12/h2-3,10,19H,4-9,11H2,1H3/b16-14+. The molecule has 0 spiro atoms. The summed E-state index contributed by atoms with van der Waals surface area (Å²) in [6.07, 6.45) is 0. The lowest BCUT2D eigenvalue weighted by Gasteiger charge is -2.32. The molecule has 1 N–H and O–H groups in total. The highest BCUT2D eigenvalue weighted by atomic mass is 16.5. The summed E-state index contributed by atoms with van der Waals surface area (Å²) in [5.74, 6) is 1.52. The van der Waals surface area contributed by atoms with Crippen LogP contribution in [0.25, 0.3) is 0 Å². The minimum absolute atomic E-state index is 0.316. The molecule has 1 aromatic carbocycles. The highest BCUT2D eigenvalue weighted by molar-refractivity contribution is 6.05. The maximum atomic E-state index is 8.85. The molecule has 114 valence electrons. The van der Waals surface area contributed by atoms with E-state index in [1.165, 1.54) is 0 Å². The second kappa shape index (κ2) is 6.32. The summed E-state index contributed by atoms with van der Waals surface area (Å²) in [6.45, 7) is 6.37. The second-order valence-electron chi connectivity index (χ2n) is 5.49. The number of nitrogens with zero attached hydrogens (tertiary/aromatic N) is 3. The molecule has 0 amide bonds. The van der Waals surface area contributed by atoms with Gasteiger partial charge < -0.3 is 19.6 Å². The van der Waals surface area contributed by atoms with E-state index in [0.29, 0.717) is 18.9 Å². The van der Waals surface area contributed by atoms with Crippen molar-refractivity contribution in [2.75, 3.05) is 53.0 Å². The van der Waals surface area contributed by atoms with E-state index < -0.39 is 0 Å². The number of fused-ring (bicyclic) bond motifs is 1. The van der Waals surface area contributed by atoms with Gasteiger partial charge in [0.1, 0.15) is 30.4 Å². The molecule has 1 aromatic rings. The number of rotatable bonds is 4. The molecule has 0 radical (unpaired) electrons. The summed E-state index contributed by atoms with van der Waals surface area (Å²) in [5, 5.41) is 12.1. The molecule has 21 heavy (non-hydrogen) atoms. The monoisotopic (exact) mass is 291 g/mol. The Kier molecular flexibility index (Phi) is 4.26. The number of likely N-dealkylation sites (N-methyl/N-ethyl adjacent to an activating group) is 1. The van der Waals surface area contributed by atoms with Gasteiger partial charge in [-0.1, -0.05) is 5.16 Å². The normalized spacial score (nSPS) is 21.3. The van der Waals surface area contributed by atoms with Gasteiger partial charge in [0, 0.05) is 44.4 Å². The Labute approximate surface area is 124 Å². The highest BCUT2D eigenvalue weighted by Crippen LogP contribution is 2.29. The molecule has 0 bridgehead atoms. The summed E-state index contributed by atoms with van der Waals surface area (Å²) in [6, 6.07) is 5.63. The van der Waals surface area contributed by atoms with Crippen molar-refractivity contribution >= 4 is 5.71 Å². The molecule has 3 rings (SSSR count). The van der Waals surface area contributed by atoms with Gasteiger partial charge in [-0.15, -0.1) is 0 Å². The van der Waals surface area contributed by atoms with Gasteiger partial charge >= 0.3 is 0 Å². The van der Waals surface area contributed by atoms with E-state index in [0.717, 1.165) is 49.8 Å². The summed E-state index contributed by atoms with van der Waals surface area (Å²) in [4.78, 5) is 4.76. The average molecular weight is 291 g/mol. The van der Waals surface area contributed by atoms with Gasteiger partial charge in [0.05, 0.1) is 0 Å². The first-order valence-electron chi connectivity index (χ1n) is 7.28. The minimum atomic E-state index is 0.316. The molecular weight excluding hydrogens is 270 g/mol. The molecule has 0 unspecified atom stereocenters. The number of hydrogen-bond acceptors (Lipinski definition) is 6. The van der Waals surface area contributed by atoms with Crippen molar-refractivity contribution in [1.29, 1.82) is 0 Å². The van der Waals surface area contributed by atoms with Gasteiger partial charge in [0.25, 0.3) is 0 Å². The van der Waals surface area contributed by atoms with Gasteiger partial charge in [-0.2, -0.15) is 0 Å². The zero-order valence-electron chi connectivity index (χ0n) is 12.3. The molecule has 0 saturated carbocycles. The van der Waals surface area contributed by atoms with Crippen molar-refractivity contribution in [3.8, 4) is 11.5 Å². The van der Waals surface area contributed by atoms with Crippen molar-refractivity contribution < 1.29 is 14.7 Å². The van der Waals surface area contributed by atoms with Crippen LogP contribution in [0.3, 0.4) is 0 Å². The second-order valence-corrected chi connectivity index (χ2v) is 5.49. The maximum Gasteiger partial charge on any atom is 0.134 e. The first-order chi connectivity index (χ1) is 10.3. The number of piperazine rings is 1. The third kappa shape index (κ3) is 3.28. The molecule has 1 saturated heterocycles. The van der Waals surface area contributed by atoms with E-state index in [9.17, 15) is 0 Å². The van der Waals surface area contributed by atoms with E-state index in [1.807, 2.05) is 18.2 Å². The van der Waals surface area contributed by atoms with E-state index in [4.69, 9.17) is 14.7 Å². The lowest BCUT2D eigenvalue weighted by molar-refractivity contribution is 0.133. The predicted octanol–water partition coefficient (Wildman–Crippen LogP) is 0.883. The Morgan fingerprint density at radius 1 is 1.29 bits per heavy atom. The molecule has 6 nitrogen and oxygen atoms in total. The van der Waals surface area contributed by atoms with Crippen LogP contribution in [-0.4, -0.2) is 73.7 Å². The molecule has 2 heterocycles. The summed E-state index contributed by atoms with van der Waals surface area (Å²) < 4.78 is 11.3. The molecule has 2 aliphatic heterocycles. The molecule has 0 aromatic heterocycles. The predicted molar refractivity (Wildman–Crippen MR) is 79.7 cm³/mol. The Morgan fingerprint density at radius 3 is 2.86 bits per heavy atom. The molecule has 1 fully saturated rings. The van der Waals surface area contributed by atoms with Gasteiger partial charge in [0.15, 0.2) is 0 Å². The SMILES string of the molecule is CN1CCN(CCOc2ccc3c(c2)OC/C3=N\O)CC1. The lowest BCUT2D eigenvalue weighted by Crippen LogP contribution is -2.45. The Hall–Kier alpha value is -1.79. The van der Waals surface area contributed by atoms with Gasteiger partial charge in [-0.25, -0.2) is 0 Å². The molecule has 6 heteroatoms. The van der Waals surface area contributed by atoms with E-state index in [-0.39, 0.29) is 0 Å². The van der Waals surface area contributed by atoms with Crippen molar-refractivity contribution in [1.82, 2.24) is 9.80 Å². The van der Waals surface area contributed by atoms with Gasteiger partial charge in [-0.3, -0.25) is 4.90 Å². The summed E-state index contributed by atoms with van der Waals surface area (Å²) >= 11 is 0. The zero-order valence-corrected chi connectivity index (χ0v) is 12.3.